The van der Waals surface area contributed by atoms with E-state index in [1.165, 1.54) is 69.7 Å². The van der Waals surface area contributed by atoms with Gasteiger partial charge in [0, 0.05) is 48.6 Å². The van der Waals surface area contributed by atoms with E-state index in [1.54, 1.807) is 12.1 Å². The Labute approximate surface area is 266 Å². The lowest BCUT2D eigenvalue weighted by atomic mass is 10.1. The molecule has 0 spiro atoms. The number of rotatable bonds is 14. The van der Waals surface area contributed by atoms with Crippen molar-refractivity contribution >= 4 is 58.7 Å². The average Bonchev–Trinajstić information content (AvgIpc) is 3.66. The summed E-state index contributed by atoms with van der Waals surface area (Å²) in [5.41, 5.74) is 0.703. The van der Waals surface area contributed by atoms with E-state index in [0.29, 0.717) is 43.2 Å². The normalized spacial score (nSPS) is 21.1. The molecule has 2 fully saturated rings. The minimum absolute atomic E-state index is 0.102. The summed E-state index contributed by atoms with van der Waals surface area (Å²) < 4.78 is 0. The van der Waals surface area contributed by atoms with Gasteiger partial charge >= 0.3 is 11.9 Å². The number of carboxylic acids is 2. The standard InChI is InChI=1S/C29H32N4O10S2/c34-24(30-22(28(36)37)16-44-26(30)18-8-6-10-20(14-18)32(40)41)12-4-2-1-3-5-13-25(35)31-23(29(38)39)17-45-27(31)19-9-7-11-21(15-19)33(42)43/h6-11,14-15,22-23,26-27H,1-5,12-13,16-17H2,(H,36,37)(H,38,39)/t22-,23-,26?,27?/m0/s1. The number of nitro groups is 2. The van der Waals surface area contributed by atoms with Crippen LogP contribution in [0.2, 0.25) is 0 Å². The fourth-order valence-corrected chi connectivity index (χ4v) is 8.30. The Morgan fingerprint density at radius 2 is 1.07 bits per heavy atom. The van der Waals surface area contributed by atoms with E-state index < -0.39 is 44.6 Å². The van der Waals surface area contributed by atoms with Gasteiger partial charge in [0.2, 0.25) is 11.8 Å². The molecule has 4 rings (SSSR count). The zero-order chi connectivity index (χ0) is 32.7. The molecule has 2 heterocycles. The Hall–Kier alpha value is -4.18. The maximum atomic E-state index is 13.2. The molecule has 2 aliphatic rings. The molecule has 2 saturated heterocycles. The second-order valence-corrected chi connectivity index (χ2v) is 12.9. The molecular formula is C29H32N4O10S2. The highest BCUT2D eigenvalue weighted by molar-refractivity contribution is 8.00. The molecule has 2 N–H and O–H groups in total. The Balaban J connectivity index is 1.27. The van der Waals surface area contributed by atoms with Gasteiger partial charge in [0.05, 0.1) is 9.85 Å². The average molecular weight is 661 g/mol. The molecule has 0 aromatic heterocycles. The van der Waals surface area contributed by atoms with Crippen molar-refractivity contribution < 1.29 is 39.2 Å². The lowest BCUT2D eigenvalue weighted by Gasteiger charge is -2.28. The first-order valence-corrected chi connectivity index (χ1v) is 16.4. The molecule has 16 heteroatoms. The van der Waals surface area contributed by atoms with Crippen LogP contribution >= 0.6 is 23.5 Å². The second-order valence-electron chi connectivity index (χ2n) is 10.7. The van der Waals surface area contributed by atoms with E-state index in [0.717, 1.165) is 0 Å². The van der Waals surface area contributed by atoms with Gasteiger partial charge in [-0.3, -0.25) is 29.8 Å². The number of thioether (sulfide) groups is 2. The monoisotopic (exact) mass is 660 g/mol. The van der Waals surface area contributed by atoms with E-state index in [4.69, 9.17) is 0 Å². The predicted octanol–water partition coefficient (Wildman–Crippen LogP) is 4.99. The smallest absolute Gasteiger partial charge is 0.327 e. The summed E-state index contributed by atoms with van der Waals surface area (Å²) in [5, 5.41) is 40.5. The molecule has 0 aliphatic carbocycles. The number of carbonyl (C=O) groups excluding carboxylic acids is 2. The van der Waals surface area contributed by atoms with Crippen molar-refractivity contribution in [3.63, 3.8) is 0 Å². The van der Waals surface area contributed by atoms with Crippen molar-refractivity contribution in [3.05, 3.63) is 79.9 Å². The van der Waals surface area contributed by atoms with E-state index in [2.05, 4.69) is 0 Å². The maximum absolute atomic E-state index is 13.2. The summed E-state index contributed by atoms with van der Waals surface area (Å²) in [6.07, 6.45) is 3.16. The molecule has 240 valence electrons. The number of hydrogen-bond donors (Lipinski definition) is 2. The van der Waals surface area contributed by atoms with Crippen molar-refractivity contribution in [2.75, 3.05) is 11.5 Å². The lowest BCUT2D eigenvalue weighted by Crippen LogP contribution is -2.42. The van der Waals surface area contributed by atoms with Gasteiger partial charge in [-0.1, -0.05) is 43.5 Å². The predicted molar refractivity (Wildman–Crippen MR) is 165 cm³/mol. The first kappa shape index (κ1) is 33.7. The maximum Gasteiger partial charge on any atom is 0.327 e. The number of nitrogens with zero attached hydrogens (tertiary/aromatic N) is 4. The Morgan fingerprint density at radius 3 is 1.42 bits per heavy atom. The van der Waals surface area contributed by atoms with Crippen LogP contribution in [0.1, 0.15) is 66.8 Å². The lowest BCUT2D eigenvalue weighted by molar-refractivity contribution is -0.385. The van der Waals surface area contributed by atoms with Crippen LogP contribution in [0.5, 0.6) is 0 Å². The highest BCUT2D eigenvalue weighted by Crippen LogP contribution is 2.44. The van der Waals surface area contributed by atoms with Crippen LogP contribution < -0.4 is 0 Å². The zero-order valence-corrected chi connectivity index (χ0v) is 25.7. The molecule has 0 bridgehead atoms. The fraction of sp³-hybridized carbons (Fsp3) is 0.448. The summed E-state index contributed by atoms with van der Waals surface area (Å²) in [4.78, 5) is 74.0. The first-order chi connectivity index (χ1) is 21.5. The highest BCUT2D eigenvalue weighted by Gasteiger charge is 2.43. The molecule has 2 aliphatic heterocycles. The van der Waals surface area contributed by atoms with Gasteiger partial charge in [-0.25, -0.2) is 9.59 Å². The van der Waals surface area contributed by atoms with Gasteiger partial charge < -0.3 is 20.0 Å². The zero-order valence-electron chi connectivity index (χ0n) is 24.1. The van der Waals surface area contributed by atoms with E-state index in [1.807, 2.05) is 0 Å². The second kappa shape index (κ2) is 15.2. The molecule has 2 aromatic rings. The third-order valence-corrected chi connectivity index (χ3v) is 10.3. The summed E-state index contributed by atoms with van der Waals surface area (Å²) in [6, 6.07) is 9.60. The molecule has 0 radical (unpaired) electrons. The summed E-state index contributed by atoms with van der Waals surface area (Å²) in [6.45, 7) is 0. The molecule has 45 heavy (non-hydrogen) atoms. The minimum atomic E-state index is -1.14. The van der Waals surface area contributed by atoms with Crippen molar-refractivity contribution in [2.45, 2.75) is 67.8 Å². The van der Waals surface area contributed by atoms with Crippen LogP contribution in [0.15, 0.2) is 48.5 Å². The van der Waals surface area contributed by atoms with Crippen LogP contribution in [0.3, 0.4) is 0 Å². The minimum Gasteiger partial charge on any atom is -0.480 e. The third-order valence-electron chi connectivity index (χ3n) is 7.66. The Kier molecular flexibility index (Phi) is 11.4. The highest BCUT2D eigenvalue weighted by atomic mass is 32.2. The van der Waals surface area contributed by atoms with E-state index in [9.17, 15) is 49.6 Å². The van der Waals surface area contributed by atoms with Crippen LogP contribution in [-0.4, -0.2) is 77.2 Å². The van der Waals surface area contributed by atoms with Crippen molar-refractivity contribution in [2.24, 2.45) is 0 Å². The molecule has 4 atom stereocenters. The van der Waals surface area contributed by atoms with Crippen LogP contribution in [-0.2, 0) is 19.2 Å². The van der Waals surface area contributed by atoms with Crippen LogP contribution in [0.25, 0.3) is 0 Å². The van der Waals surface area contributed by atoms with Gasteiger partial charge in [-0.15, -0.1) is 23.5 Å². The summed E-state index contributed by atoms with van der Waals surface area (Å²) >= 11 is 2.50. The van der Waals surface area contributed by atoms with Crippen LogP contribution in [0, 0.1) is 20.2 Å². The number of carboxylic acid groups (broad SMARTS) is 2. The van der Waals surface area contributed by atoms with Gasteiger partial charge in [-0.05, 0) is 24.0 Å². The topological polar surface area (TPSA) is 201 Å². The third kappa shape index (κ3) is 8.11. The van der Waals surface area contributed by atoms with Gasteiger partial charge in [-0.2, -0.15) is 0 Å². The number of hydrogen-bond acceptors (Lipinski definition) is 10. The first-order valence-electron chi connectivity index (χ1n) is 14.3. The number of nitro benzene ring substituents is 2. The molecular weight excluding hydrogens is 628 g/mol. The molecule has 14 nitrogen and oxygen atoms in total. The largest absolute Gasteiger partial charge is 0.480 e. The molecule has 0 saturated carbocycles. The van der Waals surface area contributed by atoms with Gasteiger partial charge in [0.25, 0.3) is 11.4 Å². The SMILES string of the molecule is O=C(O)[C@@H]1CSC(c2cccc([N+](=O)[O-])c2)N1C(=O)CCCCCCCC(=O)N1C(c2cccc([N+](=O)[O-])c2)SC[C@H]1C(=O)O. The van der Waals surface area contributed by atoms with E-state index >= 15 is 0 Å². The number of carbonyl (C=O) groups is 4. The quantitative estimate of drug-likeness (QED) is 0.156. The summed E-state index contributed by atoms with van der Waals surface area (Å²) in [7, 11) is 0. The number of benzene rings is 2. The van der Waals surface area contributed by atoms with E-state index in [-0.39, 0.29) is 47.5 Å². The molecule has 2 unspecified atom stereocenters. The fourth-order valence-electron chi connectivity index (χ4n) is 5.44. The Bertz CT molecular complexity index is 1370. The van der Waals surface area contributed by atoms with Crippen molar-refractivity contribution in [3.8, 4) is 0 Å². The molecule has 2 amide bonds. The summed E-state index contributed by atoms with van der Waals surface area (Å²) in [5.74, 6) is -2.63. The number of amides is 2. The van der Waals surface area contributed by atoms with Crippen LogP contribution in [0.4, 0.5) is 11.4 Å². The van der Waals surface area contributed by atoms with Gasteiger partial charge in [0.15, 0.2) is 0 Å². The van der Waals surface area contributed by atoms with Gasteiger partial charge in [0.1, 0.15) is 22.8 Å². The Morgan fingerprint density at radius 1 is 0.689 bits per heavy atom. The van der Waals surface area contributed by atoms with Crippen molar-refractivity contribution in [1.29, 1.82) is 0 Å². The number of non-ortho nitro benzene ring substituents is 2. The van der Waals surface area contributed by atoms with Crippen molar-refractivity contribution in [1.82, 2.24) is 9.80 Å². The number of aliphatic carboxylic acids is 2. The number of unbranched alkanes of at least 4 members (excludes halogenated alkanes) is 4. The molecule has 2 aromatic carbocycles.